The average molecular weight is 619 g/mol. The van der Waals surface area contributed by atoms with Gasteiger partial charge in [-0.3, -0.25) is 14.5 Å². The van der Waals surface area contributed by atoms with E-state index in [0.29, 0.717) is 44.7 Å². The molecule has 0 bridgehead atoms. The fraction of sp³-hybridized carbons (Fsp3) is 0.281. The van der Waals surface area contributed by atoms with Crippen LogP contribution < -0.4 is 9.64 Å². The van der Waals surface area contributed by atoms with E-state index < -0.39 is 23.7 Å². The maximum Gasteiger partial charge on any atom is 0.435 e. The molecular weight excluding hydrogens is 589 g/mol. The van der Waals surface area contributed by atoms with E-state index in [4.69, 9.17) is 9.47 Å². The number of methoxy groups -OCH3 is 1. The number of esters is 1. The maximum atomic E-state index is 14.4. The Hall–Kier alpha value is -5.20. The zero-order valence-electron chi connectivity index (χ0n) is 25.0. The van der Waals surface area contributed by atoms with Crippen molar-refractivity contribution in [2.75, 3.05) is 25.2 Å². The first-order valence-electron chi connectivity index (χ1n) is 14.2. The van der Waals surface area contributed by atoms with Gasteiger partial charge >= 0.3 is 12.1 Å². The number of halogens is 3. The summed E-state index contributed by atoms with van der Waals surface area (Å²) in [6.45, 7) is 4.08. The number of carbonyl (C=O) groups excluding carboxylic acids is 2. The Morgan fingerprint density at radius 2 is 1.87 bits per heavy atom. The highest BCUT2D eigenvalue weighted by Crippen LogP contribution is 2.41. The van der Waals surface area contributed by atoms with Gasteiger partial charge < -0.3 is 18.9 Å². The van der Waals surface area contributed by atoms with E-state index in [9.17, 15) is 22.8 Å². The number of benzene rings is 2. The van der Waals surface area contributed by atoms with Crippen molar-refractivity contribution in [3.05, 3.63) is 88.9 Å². The number of aryl methyl sites for hydroxylation is 2. The van der Waals surface area contributed by atoms with E-state index in [1.807, 2.05) is 0 Å². The van der Waals surface area contributed by atoms with E-state index in [2.05, 4.69) is 15.1 Å². The van der Waals surface area contributed by atoms with Crippen LogP contribution in [0.2, 0.25) is 0 Å². The van der Waals surface area contributed by atoms with Gasteiger partial charge in [-0.1, -0.05) is 0 Å². The van der Waals surface area contributed by atoms with Crippen molar-refractivity contribution < 1.29 is 32.2 Å². The third-order valence-corrected chi connectivity index (χ3v) is 7.70. The second-order valence-electron chi connectivity index (χ2n) is 10.7. The third-order valence-electron chi connectivity index (χ3n) is 7.70. The zero-order chi connectivity index (χ0) is 32.0. The van der Waals surface area contributed by atoms with Gasteiger partial charge in [0.1, 0.15) is 5.75 Å². The van der Waals surface area contributed by atoms with Crippen LogP contribution in [0.15, 0.2) is 55.2 Å². The summed E-state index contributed by atoms with van der Waals surface area (Å²) in [6, 6.07) is 8.41. The summed E-state index contributed by atoms with van der Waals surface area (Å²) in [5, 5.41) is 4.22. The van der Waals surface area contributed by atoms with Crippen LogP contribution in [0.25, 0.3) is 22.0 Å². The second kappa shape index (κ2) is 11.4. The Labute approximate surface area is 256 Å². The summed E-state index contributed by atoms with van der Waals surface area (Å²) in [6.07, 6.45) is 1.84. The molecule has 45 heavy (non-hydrogen) atoms. The highest BCUT2D eigenvalue weighted by Gasteiger charge is 2.39. The number of ether oxygens (including phenoxy) is 2. The normalized spacial score (nSPS) is 13.3. The molecule has 0 fully saturated rings. The lowest BCUT2D eigenvalue weighted by Crippen LogP contribution is -2.38. The molecular formula is C32H29F3N6O4. The molecule has 232 valence electrons. The lowest BCUT2D eigenvalue weighted by atomic mass is 9.87. The minimum absolute atomic E-state index is 0.0935. The van der Waals surface area contributed by atoms with E-state index >= 15 is 0 Å². The van der Waals surface area contributed by atoms with Crippen LogP contribution in [-0.2, 0) is 30.9 Å². The van der Waals surface area contributed by atoms with Crippen LogP contribution in [0.1, 0.15) is 50.2 Å². The van der Waals surface area contributed by atoms with Crippen molar-refractivity contribution in [3.63, 3.8) is 0 Å². The number of aromatic nitrogens is 5. The smallest absolute Gasteiger partial charge is 0.435 e. The van der Waals surface area contributed by atoms with Crippen LogP contribution in [-0.4, -0.2) is 56.5 Å². The molecule has 0 saturated heterocycles. The molecule has 0 atom stereocenters. The molecule has 2 aromatic carbocycles. The van der Waals surface area contributed by atoms with Gasteiger partial charge in [-0.2, -0.15) is 18.3 Å². The summed E-state index contributed by atoms with van der Waals surface area (Å²) in [5.74, 6) is -0.593. The van der Waals surface area contributed by atoms with E-state index in [0.717, 1.165) is 4.68 Å². The quantitative estimate of drug-likeness (QED) is 0.219. The number of hydrogen-bond acceptors (Lipinski definition) is 7. The van der Waals surface area contributed by atoms with Gasteiger partial charge in [-0.25, -0.2) is 9.78 Å². The number of hydrogen-bond donors (Lipinski definition) is 0. The van der Waals surface area contributed by atoms with Crippen molar-refractivity contribution in [3.8, 4) is 16.9 Å². The molecule has 6 rings (SSSR count). The van der Waals surface area contributed by atoms with Gasteiger partial charge in [-0.05, 0) is 67.3 Å². The Bertz CT molecular complexity index is 1950. The molecule has 1 amide bonds. The summed E-state index contributed by atoms with van der Waals surface area (Å²) in [5.41, 5.74) is 2.20. The van der Waals surface area contributed by atoms with Crippen molar-refractivity contribution >= 4 is 28.5 Å². The fourth-order valence-corrected chi connectivity index (χ4v) is 5.82. The van der Waals surface area contributed by atoms with Crippen molar-refractivity contribution in [2.24, 2.45) is 7.05 Å². The summed E-state index contributed by atoms with van der Waals surface area (Å²) < 4.78 is 56.0. The maximum absolute atomic E-state index is 14.4. The molecule has 0 N–H and O–H groups in total. The van der Waals surface area contributed by atoms with E-state index in [-0.39, 0.29) is 42.8 Å². The molecule has 0 saturated carbocycles. The number of pyridine rings is 1. The molecule has 3 aromatic heterocycles. The number of fused-ring (bicyclic) bond motifs is 2. The first-order chi connectivity index (χ1) is 21.5. The average Bonchev–Trinajstić information content (AvgIpc) is 3.66. The van der Waals surface area contributed by atoms with Gasteiger partial charge in [0.05, 0.1) is 36.8 Å². The Morgan fingerprint density at radius 3 is 2.56 bits per heavy atom. The molecule has 1 aliphatic heterocycles. The Morgan fingerprint density at radius 1 is 1.09 bits per heavy atom. The highest BCUT2D eigenvalue weighted by atomic mass is 19.4. The molecule has 5 aromatic rings. The fourth-order valence-electron chi connectivity index (χ4n) is 5.82. The molecule has 4 heterocycles. The monoisotopic (exact) mass is 618 g/mol. The number of alkyl halides is 3. The SMILES string of the molecule is CCOC(=O)c1cc(OC)cc2c(N3CCc4c(cc(Cn5ccnc5)cc4-c4cn(C)nc4C(F)(F)F)C3=O)cc(C)nc12. The molecule has 0 unspecified atom stereocenters. The van der Waals surface area contributed by atoms with E-state index in [1.54, 1.807) is 72.4 Å². The molecule has 0 radical (unpaired) electrons. The molecule has 0 aliphatic carbocycles. The summed E-state index contributed by atoms with van der Waals surface area (Å²) >= 11 is 0. The third kappa shape index (κ3) is 5.49. The lowest BCUT2D eigenvalue weighted by molar-refractivity contribution is -0.141. The number of imidazole rings is 1. The van der Waals surface area contributed by atoms with Crippen LogP contribution in [0.5, 0.6) is 5.75 Å². The van der Waals surface area contributed by atoms with Crippen molar-refractivity contribution in [1.29, 1.82) is 0 Å². The summed E-state index contributed by atoms with van der Waals surface area (Å²) in [7, 11) is 2.90. The van der Waals surface area contributed by atoms with Crippen LogP contribution in [0.3, 0.4) is 0 Å². The van der Waals surface area contributed by atoms with Gasteiger partial charge in [0.2, 0.25) is 0 Å². The zero-order valence-corrected chi connectivity index (χ0v) is 25.0. The van der Waals surface area contributed by atoms with Crippen LogP contribution in [0, 0.1) is 6.92 Å². The lowest BCUT2D eigenvalue weighted by Gasteiger charge is -2.31. The first kappa shape index (κ1) is 29.9. The number of carbonyl (C=O) groups is 2. The van der Waals surface area contributed by atoms with Gasteiger partial charge in [0.15, 0.2) is 5.69 Å². The Kier molecular flexibility index (Phi) is 7.55. The van der Waals surface area contributed by atoms with Gasteiger partial charge in [0, 0.05) is 60.9 Å². The molecule has 1 aliphatic rings. The van der Waals surface area contributed by atoms with E-state index in [1.165, 1.54) is 20.4 Å². The van der Waals surface area contributed by atoms with Crippen LogP contribution >= 0.6 is 0 Å². The molecule has 13 heteroatoms. The predicted octanol–water partition coefficient (Wildman–Crippen LogP) is 5.60. The summed E-state index contributed by atoms with van der Waals surface area (Å²) in [4.78, 5) is 37.5. The molecule has 10 nitrogen and oxygen atoms in total. The topological polar surface area (TPSA) is 104 Å². The largest absolute Gasteiger partial charge is 0.497 e. The minimum atomic E-state index is -4.70. The number of nitrogens with zero attached hydrogens (tertiary/aromatic N) is 6. The Balaban J connectivity index is 1.54. The van der Waals surface area contributed by atoms with Crippen LogP contribution in [0.4, 0.5) is 18.9 Å². The second-order valence-corrected chi connectivity index (χ2v) is 10.7. The number of amides is 1. The molecule has 0 spiro atoms. The number of rotatable bonds is 7. The predicted molar refractivity (Wildman–Crippen MR) is 159 cm³/mol. The van der Waals surface area contributed by atoms with Gasteiger partial charge in [-0.15, -0.1) is 0 Å². The highest BCUT2D eigenvalue weighted by molar-refractivity contribution is 6.15. The minimum Gasteiger partial charge on any atom is -0.497 e. The standard InChI is InChI=1S/C32H29F3N6O4/c1-5-45-31(43)25-14-20(44-4)13-24-27(10-18(2)37-28(24)25)41-8-6-21-22(26-16-39(3)38-29(26)32(33,34)35)11-19(12-23(21)30(41)42)15-40-9-7-36-17-40/h7,9-14,16-17H,5-6,8,15H2,1-4H3. The van der Waals surface area contributed by atoms with Gasteiger partial charge in [0.25, 0.3) is 5.91 Å². The van der Waals surface area contributed by atoms with Crippen molar-refractivity contribution in [1.82, 2.24) is 24.3 Å². The number of anilines is 1. The first-order valence-corrected chi connectivity index (χ1v) is 14.2. The van der Waals surface area contributed by atoms with Crippen molar-refractivity contribution in [2.45, 2.75) is 33.0 Å².